The SMILES string of the molecule is CCCCN(C)C(=O)c1oc2ccc(Br)cc2c1C. The van der Waals surface area contributed by atoms with Gasteiger partial charge >= 0.3 is 0 Å². The van der Waals surface area contributed by atoms with Crippen LogP contribution in [0.1, 0.15) is 35.9 Å². The molecule has 19 heavy (non-hydrogen) atoms. The molecular formula is C15H18BrNO2. The molecule has 0 aliphatic heterocycles. The number of hydrogen-bond donors (Lipinski definition) is 0. The zero-order valence-corrected chi connectivity index (χ0v) is 13.1. The number of carbonyl (C=O) groups is 1. The lowest BCUT2D eigenvalue weighted by Gasteiger charge is -2.15. The van der Waals surface area contributed by atoms with Gasteiger partial charge in [-0.3, -0.25) is 4.79 Å². The van der Waals surface area contributed by atoms with Crippen LogP contribution in [0.25, 0.3) is 11.0 Å². The first kappa shape index (κ1) is 14.1. The van der Waals surface area contributed by atoms with Crippen molar-refractivity contribution in [2.75, 3.05) is 13.6 Å². The number of hydrogen-bond acceptors (Lipinski definition) is 2. The molecule has 3 nitrogen and oxygen atoms in total. The Morgan fingerprint density at radius 1 is 1.42 bits per heavy atom. The van der Waals surface area contributed by atoms with E-state index in [0.29, 0.717) is 5.76 Å². The molecule has 1 amide bonds. The minimum atomic E-state index is -0.0433. The van der Waals surface area contributed by atoms with Crippen molar-refractivity contribution in [2.24, 2.45) is 0 Å². The molecule has 2 aromatic rings. The predicted molar refractivity (Wildman–Crippen MR) is 80.5 cm³/mol. The van der Waals surface area contributed by atoms with Crippen LogP contribution in [0.5, 0.6) is 0 Å². The summed E-state index contributed by atoms with van der Waals surface area (Å²) < 4.78 is 6.69. The summed E-state index contributed by atoms with van der Waals surface area (Å²) in [6.45, 7) is 4.80. The Balaban J connectivity index is 2.34. The third kappa shape index (κ3) is 2.84. The fraction of sp³-hybridized carbons (Fsp3) is 0.400. The molecule has 0 fully saturated rings. The van der Waals surface area contributed by atoms with Gasteiger partial charge in [0.2, 0.25) is 0 Å². The van der Waals surface area contributed by atoms with Crippen molar-refractivity contribution in [1.29, 1.82) is 0 Å². The molecule has 4 heteroatoms. The zero-order valence-electron chi connectivity index (χ0n) is 11.5. The van der Waals surface area contributed by atoms with Crippen LogP contribution in [-0.2, 0) is 0 Å². The van der Waals surface area contributed by atoms with E-state index in [2.05, 4.69) is 22.9 Å². The highest BCUT2D eigenvalue weighted by Gasteiger charge is 2.20. The average Bonchev–Trinajstić information content (AvgIpc) is 2.72. The van der Waals surface area contributed by atoms with E-state index in [1.165, 1.54) is 0 Å². The van der Waals surface area contributed by atoms with Gasteiger partial charge in [0.25, 0.3) is 5.91 Å². The van der Waals surface area contributed by atoms with Crippen molar-refractivity contribution in [3.63, 3.8) is 0 Å². The van der Waals surface area contributed by atoms with Crippen LogP contribution in [0.3, 0.4) is 0 Å². The van der Waals surface area contributed by atoms with E-state index in [-0.39, 0.29) is 5.91 Å². The summed E-state index contributed by atoms with van der Waals surface area (Å²) in [5, 5.41) is 0.988. The van der Waals surface area contributed by atoms with Crippen LogP contribution in [0.2, 0.25) is 0 Å². The smallest absolute Gasteiger partial charge is 0.289 e. The van der Waals surface area contributed by atoms with E-state index in [0.717, 1.165) is 40.4 Å². The molecule has 0 saturated heterocycles. The van der Waals surface area contributed by atoms with E-state index < -0.39 is 0 Å². The van der Waals surface area contributed by atoms with Crippen LogP contribution in [-0.4, -0.2) is 24.4 Å². The number of fused-ring (bicyclic) bond motifs is 1. The number of furan rings is 1. The van der Waals surface area contributed by atoms with Crippen molar-refractivity contribution < 1.29 is 9.21 Å². The molecule has 0 N–H and O–H groups in total. The first-order valence-electron chi connectivity index (χ1n) is 6.48. The highest BCUT2D eigenvalue weighted by atomic mass is 79.9. The lowest BCUT2D eigenvalue weighted by molar-refractivity contribution is 0.0763. The van der Waals surface area contributed by atoms with Crippen molar-refractivity contribution >= 4 is 32.8 Å². The molecular weight excluding hydrogens is 306 g/mol. The Morgan fingerprint density at radius 2 is 2.16 bits per heavy atom. The number of rotatable bonds is 4. The van der Waals surface area contributed by atoms with Crippen LogP contribution in [0, 0.1) is 6.92 Å². The number of unbranched alkanes of at least 4 members (excludes halogenated alkanes) is 1. The molecule has 0 saturated carbocycles. The quantitative estimate of drug-likeness (QED) is 0.836. The summed E-state index contributed by atoms with van der Waals surface area (Å²) in [6, 6.07) is 5.78. The second kappa shape index (κ2) is 5.78. The van der Waals surface area contributed by atoms with Crippen LogP contribution < -0.4 is 0 Å². The normalized spacial score (nSPS) is 10.9. The van der Waals surface area contributed by atoms with Gasteiger partial charge in [0.15, 0.2) is 5.76 Å². The average molecular weight is 324 g/mol. The van der Waals surface area contributed by atoms with Crippen molar-refractivity contribution in [3.8, 4) is 0 Å². The molecule has 102 valence electrons. The van der Waals surface area contributed by atoms with Gasteiger partial charge < -0.3 is 9.32 Å². The van der Waals surface area contributed by atoms with E-state index in [9.17, 15) is 4.79 Å². The third-order valence-corrected chi connectivity index (χ3v) is 3.78. The zero-order chi connectivity index (χ0) is 14.0. The molecule has 0 bridgehead atoms. The van der Waals surface area contributed by atoms with Gasteiger partial charge in [0.05, 0.1) is 0 Å². The van der Waals surface area contributed by atoms with Gasteiger partial charge in [-0.15, -0.1) is 0 Å². The number of halogens is 1. The number of amides is 1. The van der Waals surface area contributed by atoms with Crippen molar-refractivity contribution in [3.05, 3.63) is 34.0 Å². The fourth-order valence-corrected chi connectivity index (χ4v) is 2.43. The lowest BCUT2D eigenvalue weighted by atomic mass is 10.1. The Bertz CT molecular complexity index is 603. The Kier molecular flexibility index (Phi) is 4.30. The van der Waals surface area contributed by atoms with E-state index in [1.54, 1.807) is 4.90 Å². The summed E-state index contributed by atoms with van der Waals surface area (Å²) in [7, 11) is 1.82. The highest BCUT2D eigenvalue weighted by molar-refractivity contribution is 9.10. The van der Waals surface area contributed by atoms with Gasteiger partial charge in [-0.25, -0.2) is 0 Å². The van der Waals surface area contributed by atoms with E-state index >= 15 is 0 Å². The first-order chi connectivity index (χ1) is 9.04. The largest absolute Gasteiger partial charge is 0.451 e. The Hall–Kier alpha value is -1.29. The molecule has 1 aromatic heterocycles. The summed E-state index contributed by atoms with van der Waals surface area (Å²) in [5.41, 5.74) is 1.66. The van der Waals surface area contributed by atoms with Gasteiger partial charge in [0, 0.05) is 29.0 Å². The Labute approximate surface area is 121 Å². The Morgan fingerprint density at radius 3 is 2.84 bits per heavy atom. The van der Waals surface area contributed by atoms with Crippen molar-refractivity contribution in [2.45, 2.75) is 26.7 Å². The molecule has 2 rings (SSSR count). The van der Waals surface area contributed by atoms with Crippen LogP contribution >= 0.6 is 15.9 Å². The van der Waals surface area contributed by atoms with Crippen LogP contribution in [0.15, 0.2) is 27.1 Å². The first-order valence-corrected chi connectivity index (χ1v) is 7.28. The monoisotopic (exact) mass is 323 g/mol. The number of nitrogens with zero attached hydrogens (tertiary/aromatic N) is 1. The lowest BCUT2D eigenvalue weighted by Crippen LogP contribution is -2.27. The fourth-order valence-electron chi connectivity index (χ4n) is 2.07. The van der Waals surface area contributed by atoms with Gasteiger partial charge in [-0.1, -0.05) is 29.3 Å². The maximum absolute atomic E-state index is 12.3. The van der Waals surface area contributed by atoms with Crippen molar-refractivity contribution in [1.82, 2.24) is 4.90 Å². The second-order valence-corrected chi connectivity index (χ2v) is 5.69. The maximum Gasteiger partial charge on any atom is 0.289 e. The van der Waals surface area contributed by atoms with Gasteiger partial charge in [-0.2, -0.15) is 0 Å². The predicted octanol–water partition coefficient (Wildman–Crippen LogP) is 4.38. The third-order valence-electron chi connectivity index (χ3n) is 3.29. The summed E-state index contributed by atoms with van der Waals surface area (Å²) in [5.74, 6) is 0.407. The molecule has 0 atom stereocenters. The number of aryl methyl sites for hydroxylation is 1. The molecule has 0 aliphatic carbocycles. The molecule has 1 aromatic carbocycles. The number of carbonyl (C=O) groups excluding carboxylic acids is 1. The molecule has 0 spiro atoms. The summed E-state index contributed by atoms with van der Waals surface area (Å²) in [6.07, 6.45) is 2.08. The molecule has 0 unspecified atom stereocenters. The molecule has 1 heterocycles. The molecule has 0 aliphatic rings. The number of benzene rings is 1. The second-order valence-electron chi connectivity index (χ2n) is 4.78. The minimum absolute atomic E-state index is 0.0433. The minimum Gasteiger partial charge on any atom is -0.451 e. The topological polar surface area (TPSA) is 33.5 Å². The highest BCUT2D eigenvalue weighted by Crippen LogP contribution is 2.28. The summed E-state index contributed by atoms with van der Waals surface area (Å²) in [4.78, 5) is 14.1. The van der Waals surface area contributed by atoms with E-state index in [4.69, 9.17) is 4.42 Å². The van der Waals surface area contributed by atoms with Gasteiger partial charge in [0.1, 0.15) is 5.58 Å². The van der Waals surface area contributed by atoms with E-state index in [1.807, 2.05) is 32.2 Å². The van der Waals surface area contributed by atoms with Gasteiger partial charge in [-0.05, 0) is 31.5 Å². The maximum atomic E-state index is 12.3. The standard InChI is InChI=1S/C15H18BrNO2/c1-4-5-8-17(3)15(18)14-10(2)12-9-11(16)6-7-13(12)19-14/h6-7,9H,4-5,8H2,1-3H3. The molecule has 0 radical (unpaired) electrons. The van der Waals surface area contributed by atoms with Crippen LogP contribution in [0.4, 0.5) is 0 Å². The summed E-state index contributed by atoms with van der Waals surface area (Å²) >= 11 is 3.44.